The molecule has 0 aliphatic carbocycles. The zero-order chi connectivity index (χ0) is 19.0. The van der Waals surface area contributed by atoms with Gasteiger partial charge < -0.3 is 10.1 Å². The van der Waals surface area contributed by atoms with Crippen LogP contribution in [0.1, 0.15) is 63.2 Å². The number of carbonyl (C=O) groups excluding carboxylic acids is 1. The van der Waals surface area contributed by atoms with Crippen LogP contribution in [0.2, 0.25) is 0 Å². The predicted molar refractivity (Wildman–Crippen MR) is 102 cm³/mol. The summed E-state index contributed by atoms with van der Waals surface area (Å²) in [4.78, 5) is 12.7. The molecule has 1 amide bonds. The highest BCUT2D eigenvalue weighted by molar-refractivity contribution is 6.04. The molecule has 1 N–H and O–H groups in total. The molecule has 0 fully saturated rings. The summed E-state index contributed by atoms with van der Waals surface area (Å²) in [5.41, 5.74) is 2.16. The van der Waals surface area contributed by atoms with E-state index in [1.54, 1.807) is 19.2 Å². The second-order valence-electron chi connectivity index (χ2n) is 8.39. The zero-order valence-corrected chi connectivity index (χ0v) is 16.5. The van der Waals surface area contributed by atoms with Gasteiger partial charge in [-0.25, -0.2) is 4.68 Å². The molecular weight excluding hydrogens is 314 g/mol. The molecule has 25 heavy (non-hydrogen) atoms. The summed E-state index contributed by atoms with van der Waals surface area (Å²) in [5.74, 6) is 1.22. The van der Waals surface area contributed by atoms with E-state index in [9.17, 15) is 4.79 Å². The fourth-order valence-electron chi connectivity index (χ4n) is 2.50. The number of anilines is 1. The first-order valence-corrected chi connectivity index (χ1v) is 8.50. The van der Waals surface area contributed by atoms with E-state index < -0.39 is 0 Å². The number of methoxy groups -OCH3 is 1. The van der Waals surface area contributed by atoms with E-state index in [4.69, 9.17) is 9.84 Å². The summed E-state index contributed by atoms with van der Waals surface area (Å²) in [7, 11) is 1.61. The SMILES string of the molecule is COc1cc(C(=O)Nc2cc(C(C)(C)C)nn2C(C)(C)C)ccc1C. The molecule has 1 heterocycles. The topological polar surface area (TPSA) is 56.1 Å². The number of ether oxygens (including phenoxy) is 1. The number of amides is 1. The molecule has 0 saturated heterocycles. The molecule has 1 aromatic heterocycles. The first kappa shape index (κ1) is 19.0. The lowest BCUT2D eigenvalue weighted by Gasteiger charge is -2.23. The predicted octanol–water partition coefficient (Wildman–Crippen LogP) is 4.50. The highest BCUT2D eigenvalue weighted by atomic mass is 16.5. The Morgan fingerprint density at radius 1 is 1.12 bits per heavy atom. The molecule has 0 atom stereocenters. The summed E-state index contributed by atoms with van der Waals surface area (Å²) in [6.45, 7) is 14.5. The number of carbonyl (C=O) groups is 1. The molecule has 0 radical (unpaired) electrons. The number of benzene rings is 1. The van der Waals surface area contributed by atoms with Crippen molar-refractivity contribution in [1.29, 1.82) is 0 Å². The third-order valence-corrected chi connectivity index (χ3v) is 4.03. The third kappa shape index (κ3) is 4.21. The van der Waals surface area contributed by atoms with Crippen molar-refractivity contribution in [2.45, 2.75) is 59.4 Å². The Hall–Kier alpha value is -2.30. The van der Waals surface area contributed by atoms with Crippen LogP contribution in [-0.2, 0) is 11.0 Å². The van der Waals surface area contributed by atoms with Crippen molar-refractivity contribution < 1.29 is 9.53 Å². The van der Waals surface area contributed by atoms with Crippen LogP contribution in [0.15, 0.2) is 24.3 Å². The molecule has 0 bridgehead atoms. The van der Waals surface area contributed by atoms with Gasteiger partial charge in [-0.05, 0) is 45.4 Å². The van der Waals surface area contributed by atoms with Crippen LogP contribution in [0.25, 0.3) is 0 Å². The van der Waals surface area contributed by atoms with Crippen LogP contribution < -0.4 is 10.1 Å². The summed E-state index contributed by atoms with van der Waals surface area (Å²) < 4.78 is 7.19. The molecule has 0 unspecified atom stereocenters. The van der Waals surface area contributed by atoms with Crippen LogP contribution in [-0.4, -0.2) is 22.8 Å². The number of aromatic nitrogens is 2. The fraction of sp³-hybridized carbons (Fsp3) is 0.500. The quantitative estimate of drug-likeness (QED) is 0.892. The Balaban J connectivity index is 2.39. The highest BCUT2D eigenvalue weighted by Gasteiger charge is 2.26. The largest absolute Gasteiger partial charge is 0.496 e. The van der Waals surface area contributed by atoms with E-state index >= 15 is 0 Å². The van der Waals surface area contributed by atoms with Crippen molar-refractivity contribution >= 4 is 11.7 Å². The van der Waals surface area contributed by atoms with E-state index in [1.165, 1.54) is 0 Å². The highest BCUT2D eigenvalue weighted by Crippen LogP contribution is 2.28. The number of nitrogens with one attached hydrogen (secondary N) is 1. The molecule has 0 saturated carbocycles. The Kier molecular flexibility index (Phi) is 4.98. The lowest BCUT2D eigenvalue weighted by Crippen LogP contribution is -2.27. The number of hydrogen-bond donors (Lipinski definition) is 1. The molecule has 5 heteroatoms. The van der Waals surface area contributed by atoms with E-state index in [-0.39, 0.29) is 16.9 Å². The second-order valence-corrected chi connectivity index (χ2v) is 8.39. The molecule has 136 valence electrons. The van der Waals surface area contributed by atoms with E-state index in [1.807, 2.05) is 23.7 Å². The molecule has 0 aliphatic rings. The van der Waals surface area contributed by atoms with Gasteiger partial charge in [0.1, 0.15) is 11.6 Å². The van der Waals surface area contributed by atoms with Gasteiger partial charge in [-0.2, -0.15) is 5.10 Å². The Bertz CT molecular complexity index is 777. The number of nitrogens with zero attached hydrogens (tertiary/aromatic N) is 2. The fourth-order valence-corrected chi connectivity index (χ4v) is 2.50. The average Bonchev–Trinajstić information content (AvgIpc) is 2.91. The van der Waals surface area contributed by atoms with Gasteiger partial charge in [0, 0.05) is 17.0 Å². The minimum Gasteiger partial charge on any atom is -0.496 e. The maximum atomic E-state index is 12.7. The van der Waals surface area contributed by atoms with Crippen LogP contribution in [0, 0.1) is 6.92 Å². The zero-order valence-electron chi connectivity index (χ0n) is 16.5. The maximum Gasteiger partial charge on any atom is 0.256 e. The first-order valence-electron chi connectivity index (χ1n) is 8.50. The number of aryl methyl sites for hydroxylation is 1. The van der Waals surface area contributed by atoms with Gasteiger partial charge in [0.25, 0.3) is 5.91 Å². The van der Waals surface area contributed by atoms with Crippen LogP contribution in [0.4, 0.5) is 5.82 Å². The van der Waals surface area contributed by atoms with Crippen molar-refractivity contribution in [2.24, 2.45) is 0 Å². The van der Waals surface area contributed by atoms with Gasteiger partial charge in [-0.15, -0.1) is 0 Å². The second kappa shape index (κ2) is 6.54. The smallest absolute Gasteiger partial charge is 0.256 e. The summed E-state index contributed by atoms with van der Waals surface area (Å²) in [6, 6.07) is 7.40. The molecule has 5 nitrogen and oxygen atoms in total. The van der Waals surface area contributed by atoms with Crippen LogP contribution in [0.5, 0.6) is 5.75 Å². The Labute approximate surface area is 150 Å². The summed E-state index contributed by atoms with van der Waals surface area (Å²) >= 11 is 0. The average molecular weight is 343 g/mol. The standard InChI is InChI=1S/C20H29N3O2/c1-13-9-10-14(11-15(13)25-8)18(24)21-17-12-16(19(2,3)4)22-23(17)20(5,6)7/h9-12H,1-8H3,(H,21,24). The summed E-state index contributed by atoms with van der Waals surface area (Å²) in [6.07, 6.45) is 0. The molecule has 2 rings (SSSR count). The van der Waals surface area contributed by atoms with E-state index in [0.717, 1.165) is 11.3 Å². The lowest BCUT2D eigenvalue weighted by molar-refractivity contribution is 0.102. The van der Waals surface area contributed by atoms with Crippen molar-refractivity contribution in [1.82, 2.24) is 9.78 Å². The normalized spacial score (nSPS) is 12.2. The Morgan fingerprint density at radius 3 is 2.28 bits per heavy atom. The van der Waals surface area contributed by atoms with Crippen molar-refractivity contribution in [3.63, 3.8) is 0 Å². The van der Waals surface area contributed by atoms with E-state index in [2.05, 4.69) is 46.9 Å². The Morgan fingerprint density at radius 2 is 1.76 bits per heavy atom. The van der Waals surface area contributed by atoms with Crippen LogP contribution in [0.3, 0.4) is 0 Å². The third-order valence-electron chi connectivity index (χ3n) is 4.03. The van der Waals surface area contributed by atoms with Crippen molar-refractivity contribution in [3.05, 3.63) is 41.1 Å². The van der Waals surface area contributed by atoms with Gasteiger partial charge in [0.15, 0.2) is 0 Å². The van der Waals surface area contributed by atoms with Gasteiger partial charge in [-0.1, -0.05) is 26.8 Å². The minimum atomic E-state index is -0.239. The summed E-state index contributed by atoms with van der Waals surface area (Å²) in [5, 5.41) is 7.73. The minimum absolute atomic E-state index is 0.0942. The molecule has 1 aromatic carbocycles. The lowest BCUT2D eigenvalue weighted by atomic mass is 9.92. The molecule has 2 aromatic rings. The van der Waals surface area contributed by atoms with Crippen molar-refractivity contribution in [3.8, 4) is 5.75 Å². The van der Waals surface area contributed by atoms with Gasteiger partial charge in [0.05, 0.1) is 18.3 Å². The molecule has 0 aliphatic heterocycles. The van der Waals surface area contributed by atoms with Crippen molar-refractivity contribution in [2.75, 3.05) is 12.4 Å². The maximum absolute atomic E-state index is 12.7. The van der Waals surface area contributed by atoms with E-state index in [0.29, 0.717) is 17.1 Å². The number of rotatable bonds is 3. The molecule has 0 spiro atoms. The van der Waals surface area contributed by atoms with Gasteiger partial charge in [-0.3, -0.25) is 4.79 Å². The first-order chi connectivity index (χ1) is 11.4. The number of hydrogen-bond acceptors (Lipinski definition) is 3. The monoisotopic (exact) mass is 343 g/mol. The molecular formula is C20H29N3O2. The van der Waals surface area contributed by atoms with Crippen LogP contribution >= 0.6 is 0 Å². The van der Waals surface area contributed by atoms with Gasteiger partial charge >= 0.3 is 0 Å². The van der Waals surface area contributed by atoms with Gasteiger partial charge in [0.2, 0.25) is 0 Å².